The molecular weight excluding hydrogens is 322 g/mol. The number of nitrogens with one attached hydrogen (secondary N) is 1. The van der Waals surface area contributed by atoms with Gasteiger partial charge in [0.25, 0.3) is 5.91 Å². The van der Waals surface area contributed by atoms with Crippen molar-refractivity contribution in [3.63, 3.8) is 0 Å². The molecule has 0 aliphatic heterocycles. The molecule has 3 aromatic rings. The van der Waals surface area contributed by atoms with Gasteiger partial charge >= 0.3 is 0 Å². The highest BCUT2D eigenvalue weighted by molar-refractivity contribution is 6.31. The van der Waals surface area contributed by atoms with Gasteiger partial charge in [-0.3, -0.25) is 9.78 Å². The van der Waals surface area contributed by atoms with E-state index in [1.807, 2.05) is 25.1 Å². The predicted molar refractivity (Wildman–Crippen MR) is 93.8 cm³/mol. The van der Waals surface area contributed by atoms with Crippen LogP contribution in [0.5, 0.6) is 0 Å². The summed E-state index contributed by atoms with van der Waals surface area (Å²) in [7, 11) is 0. The number of carbonyl (C=O) groups excluding carboxylic acids is 1. The van der Waals surface area contributed by atoms with E-state index in [0.717, 1.165) is 16.3 Å². The van der Waals surface area contributed by atoms with Crippen molar-refractivity contribution in [3.8, 4) is 6.07 Å². The summed E-state index contributed by atoms with van der Waals surface area (Å²) in [5.74, 6) is -0.323. The molecule has 3 rings (SSSR count). The van der Waals surface area contributed by atoms with E-state index in [4.69, 9.17) is 11.6 Å². The fourth-order valence-electron chi connectivity index (χ4n) is 2.58. The van der Waals surface area contributed by atoms with Crippen molar-refractivity contribution < 1.29 is 4.79 Å². The van der Waals surface area contributed by atoms with Gasteiger partial charge in [0.05, 0.1) is 6.07 Å². The van der Waals surface area contributed by atoms with Gasteiger partial charge in [-0.25, -0.2) is 0 Å². The zero-order valence-electron chi connectivity index (χ0n) is 13.0. The molecule has 0 spiro atoms. The number of aryl methyl sites for hydroxylation is 1. The molecule has 0 saturated carbocycles. The summed E-state index contributed by atoms with van der Waals surface area (Å²) >= 11 is 6.05. The van der Waals surface area contributed by atoms with E-state index in [1.165, 1.54) is 0 Å². The molecule has 0 aliphatic carbocycles. The summed E-state index contributed by atoms with van der Waals surface area (Å²) in [6.07, 6.45) is 3.29. The first kappa shape index (κ1) is 16.0. The van der Waals surface area contributed by atoms with Crippen LogP contribution in [-0.4, -0.2) is 10.9 Å². The van der Waals surface area contributed by atoms with Crippen LogP contribution in [0.4, 0.5) is 0 Å². The summed E-state index contributed by atoms with van der Waals surface area (Å²) in [6.45, 7) is 1.89. The van der Waals surface area contributed by atoms with E-state index in [2.05, 4.69) is 16.4 Å². The Morgan fingerprint density at radius 3 is 2.83 bits per heavy atom. The van der Waals surface area contributed by atoms with Gasteiger partial charge in [0.15, 0.2) is 0 Å². The van der Waals surface area contributed by atoms with Crippen molar-refractivity contribution in [2.45, 2.75) is 13.0 Å². The Kier molecular flexibility index (Phi) is 4.45. The first-order valence-electron chi connectivity index (χ1n) is 7.39. The van der Waals surface area contributed by atoms with E-state index in [1.54, 1.807) is 36.7 Å². The van der Waals surface area contributed by atoms with Crippen molar-refractivity contribution in [1.82, 2.24) is 10.3 Å². The Labute approximate surface area is 144 Å². The molecule has 1 atom stereocenters. The fraction of sp³-hybridized carbons (Fsp3) is 0.105. The van der Waals surface area contributed by atoms with Gasteiger partial charge in [0.1, 0.15) is 6.04 Å². The molecule has 0 bridgehead atoms. The zero-order valence-corrected chi connectivity index (χ0v) is 13.7. The van der Waals surface area contributed by atoms with Crippen LogP contribution in [0.3, 0.4) is 0 Å². The number of amides is 1. The average molecular weight is 336 g/mol. The highest BCUT2D eigenvalue weighted by Crippen LogP contribution is 2.23. The summed E-state index contributed by atoms with van der Waals surface area (Å²) in [5, 5.41) is 14.4. The maximum atomic E-state index is 12.7. The van der Waals surface area contributed by atoms with E-state index < -0.39 is 6.04 Å². The van der Waals surface area contributed by atoms with Crippen LogP contribution in [0, 0.1) is 18.3 Å². The van der Waals surface area contributed by atoms with Gasteiger partial charge in [-0.05, 0) is 47.5 Å². The Morgan fingerprint density at radius 2 is 2.08 bits per heavy atom. The smallest absolute Gasteiger partial charge is 0.253 e. The fourth-order valence-corrected chi connectivity index (χ4v) is 2.75. The maximum Gasteiger partial charge on any atom is 0.253 e. The monoisotopic (exact) mass is 335 g/mol. The van der Waals surface area contributed by atoms with Crippen LogP contribution < -0.4 is 5.32 Å². The second-order valence-electron chi connectivity index (χ2n) is 5.50. The lowest BCUT2D eigenvalue weighted by Gasteiger charge is -2.13. The van der Waals surface area contributed by atoms with E-state index in [9.17, 15) is 10.1 Å². The van der Waals surface area contributed by atoms with Crippen molar-refractivity contribution in [1.29, 1.82) is 5.26 Å². The molecule has 5 heteroatoms. The van der Waals surface area contributed by atoms with E-state index in [0.29, 0.717) is 16.1 Å². The van der Waals surface area contributed by atoms with Crippen molar-refractivity contribution in [2.24, 2.45) is 0 Å². The third-order valence-electron chi connectivity index (χ3n) is 3.72. The van der Waals surface area contributed by atoms with Gasteiger partial charge in [-0.15, -0.1) is 0 Å². The highest BCUT2D eigenvalue weighted by atomic mass is 35.5. The van der Waals surface area contributed by atoms with Gasteiger partial charge in [0.2, 0.25) is 0 Å². The van der Waals surface area contributed by atoms with Crippen LogP contribution in [-0.2, 0) is 0 Å². The van der Waals surface area contributed by atoms with E-state index >= 15 is 0 Å². The number of hydrogen-bond donors (Lipinski definition) is 1. The minimum atomic E-state index is -0.764. The van der Waals surface area contributed by atoms with Crippen molar-refractivity contribution >= 4 is 28.3 Å². The van der Waals surface area contributed by atoms with Crippen molar-refractivity contribution in [2.75, 3.05) is 0 Å². The number of fused-ring (bicyclic) bond motifs is 1. The number of pyridine rings is 1. The first-order valence-corrected chi connectivity index (χ1v) is 7.76. The molecule has 1 heterocycles. The normalized spacial score (nSPS) is 11.7. The standard InChI is InChI=1S/C19H14ClN3O/c1-12-7-14(11-22-10-12)18(9-21)23-19(24)16-4-2-3-13-5-6-15(20)8-17(13)16/h2-8,10-11,18H,1H3,(H,23,24). The van der Waals surface area contributed by atoms with Crippen LogP contribution in [0.2, 0.25) is 5.02 Å². The number of benzene rings is 2. The third kappa shape index (κ3) is 3.22. The molecule has 1 unspecified atom stereocenters. The third-order valence-corrected chi connectivity index (χ3v) is 3.96. The molecule has 24 heavy (non-hydrogen) atoms. The summed E-state index contributed by atoms with van der Waals surface area (Å²) < 4.78 is 0. The quantitative estimate of drug-likeness (QED) is 0.780. The highest BCUT2D eigenvalue weighted by Gasteiger charge is 2.17. The minimum absolute atomic E-state index is 0.323. The largest absolute Gasteiger partial charge is 0.332 e. The second-order valence-corrected chi connectivity index (χ2v) is 5.94. The van der Waals surface area contributed by atoms with E-state index in [-0.39, 0.29) is 5.91 Å². The van der Waals surface area contributed by atoms with Gasteiger partial charge in [-0.2, -0.15) is 5.26 Å². The second kappa shape index (κ2) is 6.69. The summed E-state index contributed by atoms with van der Waals surface area (Å²) in [5.41, 5.74) is 2.07. The maximum absolute atomic E-state index is 12.7. The molecule has 0 radical (unpaired) electrons. The summed E-state index contributed by atoms with van der Waals surface area (Å²) in [6, 6.07) is 14.0. The van der Waals surface area contributed by atoms with Crippen LogP contribution in [0.15, 0.2) is 54.9 Å². The lowest BCUT2D eigenvalue weighted by molar-refractivity contribution is 0.0947. The van der Waals surface area contributed by atoms with Crippen LogP contribution in [0.1, 0.15) is 27.5 Å². The molecular formula is C19H14ClN3O. The number of aromatic nitrogens is 1. The number of nitriles is 1. The lowest BCUT2D eigenvalue weighted by atomic mass is 10.0. The lowest BCUT2D eigenvalue weighted by Crippen LogP contribution is -2.28. The molecule has 1 aromatic heterocycles. The zero-order chi connectivity index (χ0) is 17.1. The molecule has 118 valence electrons. The Bertz CT molecular complexity index is 962. The van der Waals surface area contributed by atoms with Gasteiger partial charge < -0.3 is 5.32 Å². The van der Waals surface area contributed by atoms with Crippen molar-refractivity contribution in [3.05, 3.63) is 76.6 Å². The Morgan fingerprint density at radius 1 is 1.25 bits per heavy atom. The number of halogens is 1. The molecule has 1 N–H and O–H groups in total. The Balaban J connectivity index is 1.95. The number of carbonyl (C=O) groups is 1. The predicted octanol–water partition coefficient (Wildman–Crippen LogP) is 4.19. The molecule has 0 saturated heterocycles. The first-order chi connectivity index (χ1) is 11.6. The number of hydrogen-bond acceptors (Lipinski definition) is 3. The number of nitrogens with zero attached hydrogens (tertiary/aromatic N) is 2. The summed E-state index contributed by atoms with van der Waals surface area (Å²) in [4.78, 5) is 16.7. The molecule has 4 nitrogen and oxygen atoms in total. The number of rotatable bonds is 3. The van der Waals surface area contributed by atoms with Crippen LogP contribution >= 0.6 is 11.6 Å². The van der Waals surface area contributed by atoms with Crippen LogP contribution in [0.25, 0.3) is 10.8 Å². The Hall–Kier alpha value is -2.90. The SMILES string of the molecule is Cc1cncc(C(C#N)NC(=O)c2cccc3ccc(Cl)cc23)c1. The average Bonchev–Trinajstić information content (AvgIpc) is 2.58. The molecule has 0 fully saturated rings. The minimum Gasteiger partial charge on any atom is -0.332 e. The van der Waals surface area contributed by atoms with Gasteiger partial charge in [-0.1, -0.05) is 29.8 Å². The van der Waals surface area contributed by atoms with Gasteiger partial charge in [0, 0.05) is 28.5 Å². The molecule has 0 aliphatic rings. The molecule has 2 aromatic carbocycles. The molecule has 1 amide bonds. The topological polar surface area (TPSA) is 65.8 Å².